The zero-order valence-electron chi connectivity index (χ0n) is 16.1. The third-order valence-electron chi connectivity index (χ3n) is 4.95. The van der Waals surface area contributed by atoms with E-state index in [1.165, 1.54) is 0 Å². The molecule has 1 amide bonds. The van der Waals surface area contributed by atoms with Crippen molar-refractivity contribution in [3.63, 3.8) is 0 Å². The molecule has 1 aliphatic heterocycles. The lowest BCUT2D eigenvalue weighted by atomic mass is 10.1. The predicted molar refractivity (Wildman–Crippen MR) is 107 cm³/mol. The molecular weight excluding hydrogens is 394 g/mol. The van der Waals surface area contributed by atoms with Crippen LogP contribution in [0.1, 0.15) is 23.7 Å². The number of amides is 1. The van der Waals surface area contributed by atoms with E-state index in [0.717, 1.165) is 11.1 Å². The van der Waals surface area contributed by atoms with E-state index >= 15 is 0 Å². The molecule has 2 aromatic carbocycles. The molecule has 0 spiro atoms. The molecule has 1 aromatic heterocycles. The van der Waals surface area contributed by atoms with Gasteiger partial charge in [0, 0.05) is 47.6 Å². The van der Waals surface area contributed by atoms with Gasteiger partial charge in [0.05, 0.1) is 14.2 Å². The fourth-order valence-electron chi connectivity index (χ4n) is 3.43. The topological polar surface area (TPSA) is 77.7 Å². The highest BCUT2D eigenvalue weighted by atomic mass is 35.5. The Hall–Kier alpha value is -3.06. The van der Waals surface area contributed by atoms with Gasteiger partial charge in [0.15, 0.2) is 5.82 Å². The Morgan fingerprint density at radius 3 is 2.83 bits per heavy atom. The Kier molecular flexibility index (Phi) is 5.40. The van der Waals surface area contributed by atoms with Crippen LogP contribution in [-0.4, -0.2) is 41.7 Å². The molecule has 1 atom stereocenters. The first-order valence-corrected chi connectivity index (χ1v) is 9.53. The van der Waals surface area contributed by atoms with Gasteiger partial charge in [-0.1, -0.05) is 22.8 Å². The minimum atomic E-state index is -0.122. The summed E-state index contributed by atoms with van der Waals surface area (Å²) < 4.78 is 16.1. The smallest absolute Gasteiger partial charge is 0.257 e. The van der Waals surface area contributed by atoms with Gasteiger partial charge in [-0.2, -0.15) is 4.98 Å². The zero-order valence-corrected chi connectivity index (χ0v) is 16.8. The van der Waals surface area contributed by atoms with Crippen molar-refractivity contribution in [2.24, 2.45) is 0 Å². The maximum absolute atomic E-state index is 12.6. The van der Waals surface area contributed by atoms with Crippen LogP contribution in [0.25, 0.3) is 11.5 Å². The number of benzene rings is 2. The van der Waals surface area contributed by atoms with Gasteiger partial charge in [-0.25, -0.2) is 0 Å². The number of ether oxygens (including phenoxy) is 2. The van der Waals surface area contributed by atoms with Gasteiger partial charge in [-0.15, -0.1) is 0 Å². The second-order valence-corrected chi connectivity index (χ2v) is 7.26. The lowest BCUT2D eigenvalue weighted by Crippen LogP contribution is -2.24. The summed E-state index contributed by atoms with van der Waals surface area (Å²) >= 11 is 6.03. The van der Waals surface area contributed by atoms with Gasteiger partial charge in [-0.05, 0) is 30.3 Å². The third-order valence-corrected chi connectivity index (χ3v) is 5.18. The number of methoxy groups -OCH3 is 2. The van der Waals surface area contributed by atoms with E-state index < -0.39 is 0 Å². The van der Waals surface area contributed by atoms with Gasteiger partial charge in [-0.3, -0.25) is 4.79 Å². The van der Waals surface area contributed by atoms with Crippen molar-refractivity contribution >= 4 is 17.5 Å². The average molecular weight is 414 g/mol. The summed E-state index contributed by atoms with van der Waals surface area (Å²) in [4.78, 5) is 18.8. The second kappa shape index (κ2) is 8.13. The number of carbonyl (C=O) groups excluding carboxylic acids is 1. The van der Waals surface area contributed by atoms with Crippen LogP contribution in [0.3, 0.4) is 0 Å². The number of rotatable bonds is 6. The van der Waals surface area contributed by atoms with Gasteiger partial charge >= 0.3 is 0 Å². The van der Waals surface area contributed by atoms with Crippen LogP contribution in [-0.2, 0) is 11.3 Å². The summed E-state index contributed by atoms with van der Waals surface area (Å²) in [5, 5.41) is 4.68. The fourth-order valence-corrected chi connectivity index (χ4v) is 3.62. The Balaban J connectivity index is 1.49. The highest BCUT2D eigenvalue weighted by Crippen LogP contribution is 2.32. The summed E-state index contributed by atoms with van der Waals surface area (Å²) in [5.41, 5.74) is 1.66. The van der Waals surface area contributed by atoms with Crippen LogP contribution in [0.4, 0.5) is 0 Å². The highest BCUT2D eigenvalue weighted by Gasteiger charge is 2.34. The van der Waals surface area contributed by atoms with E-state index in [1.54, 1.807) is 31.3 Å². The minimum Gasteiger partial charge on any atom is -0.497 e. The summed E-state index contributed by atoms with van der Waals surface area (Å²) in [6, 6.07) is 12.8. The monoisotopic (exact) mass is 413 g/mol. The average Bonchev–Trinajstić information content (AvgIpc) is 3.36. The standard InChI is InChI=1S/C21H20ClN3O4/c1-27-17-7-6-14(18(10-17)28-2)11-25-12-15(9-19(25)26)20-23-21(29-24-20)13-4-3-5-16(22)8-13/h3-8,10,15H,9,11-12H2,1-2H3. The molecule has 0 N–H and O–H groups in total. The van der Waals surface area contributed by atoms with Crippen LogP contribution in [0.15, 0.2) is 47.0 Å². The van der Waals surface area contributed by atoms with Gasteiger partial charge in [0.25, 0.3) is 5.89 Å². The van der Waals surface area contributed by atoms with Crippen LogP contribution in [0, 0.1) is 0 Å². The quantitative estimate of drug-likeness (QED) is 0.609. The van der Waals surface area contributed by atoms with Crippen molar-refractivity contribution in [2.45, 2.75) is 18.9 Å². The number of halogens is 1. The lowest BCUT2D eigenvalue weighted by molar-refractivity contribution is -0.128. The fraction of sp³-hybridized carbons (Fsp3) is 0.286. The molecule has 150 valence electrons. The normalized spacial score (nSPS) is 16.3. The first-order chi connectivity index (χ1) is 14.1. The Bertz CT molecular complexity index is 1040. The predicted octanol–water partition coefficient (Wildman–Crippen LogP) is 3.92. The van der Waals surface area contributed by atoms with Crippen LogP contribution < -0.4 is 9.47 Å². The molecule has 1 fully saturated rings. The molecule has 1 aliphatic rings. The maximum atomic E-state index is 12.6. The Labute approximate surface area is 173 Å². The van der Waals surface area contributed by atoms with E-state index in [4.69, 9.17) is 25.6 Å². The summed E-state index contributed by atoms with van der Waals surface area (Å²) in [6.45, 7) is 0.962. The SMILES string of the molecule is COc1ccc(CN2CC(c3noc(-c4cccc(Cl)c4)n3)CC2=O)c(OC)c1. The van der Waals surface area contributed by atoms with Crippen molar-refractivity contribution in [2.75, 3.05) is 20.8 Å². The van der Waals surface area contributed by atoms with E-state index in [0.29, 0.717) is 47.7 Å². The molecule has 3 aromatic rings. The third kappa shape index (κ3) is 4.05. The number of likely N-dealkylation sites (tertiary alicyclic amines) is 1. The molecule has 0 aliphatic carbocycles. The summed E-state index contributed by atoms with van der Waals surface area (Å²) in [6.07, 6.45) is 0.340. The van der Waals surface area contributed by atoms with Crippen molar-refractivity contribution in [3.05, 3.63) is 58.9 Å². The van der Waals surface area contributed by atoms with E-state index in [2.05, 4.69) is 10.1 Å². The number of nitrogens with zero attached hydrogens (tertiary/aromatic N) is 3. The van der Waals surface area contributed by atoms with E-state index in [1.807, 2.05) is 30.3 Å². The number of carbonyl (C=O) groups is 1. The highest BCUT2D eigenvalue weighted by molar-refractivity contribution is 6.30. The molecule has 0 bridgehead atoms. The molecule has 7 nitrogen and oxygen atoms in total. The van der Waals surface area contributed by atoms with Crippen LogP contribution in [0.2, 0.25) is 5.02 Å². The first-order valence-electron chi connectivity index (χ1n) is 9.15. The largest absolute Gasteiger partial charge is 0.497 e. The molecule has 2 heterocycles. The van der Waals surface area contributed by atoms with Crippen LogP contribution in [0.5, 0.6) is 11.5 Å². The molecule has 0 saturated carbocycles. The Morgan fingerprint density at radius 2 is 2.07 bits per heavy atom. The molecule has 1 unspecified atom stereocenters. The van der Waals surface area contributed by atoms with Crippen molar-refractivity contribution in [3.8, 4) is 23.0 Å². The Morgan fingerprint density at radius 1 is 1.21 bits per heavy atom. The maximum Gasteiger partial charge on any atom is 0.257 e. The van der Waals surface area contributed by atoms with E-state index in [-0.39, 0.29) is 11.8 Å². The van der Waals surface area contributed by atoms with Crippen molar-refractivity contribution < 1.29 is 18.8 Å². The zero-order chi connectivity index (χ0) is 20.4. The number of hydrogen-bond donors (Lipinski definition) is 0. The van der Waals surface area contributed by atoms with Crippen LogP contribution >= 0.6 is 11.6 Å². The molecule has 8 heteroatoms. The molecule has 29 heavy (non-hydrogen) atoms. The molecular formula is C21H20ClN3O4. The van der Waals surface area contributed by atoms with Gasteiger partial charge < -0.3 is 18.9 Å². The van der Waals surface area contributed by atoms with Gasteiger partial charge in [0.1, 0.15) is 11.5 Å². The summed E-state index contributed by atoms with van der Waals surface area (Å²) in [5.74, 6) is 2.23. The summed E-state index contributed by atoms with van der Waals surface area (Å²) in [7, 11) is 3.20. The molecule has 1 saturated heterocycles. The number of hydrogen-bond acceptors (Lipinski definition) is 6. The van der Waals surface area contributed by atoms with Gasteiger partial charge in [0.2, 0.25) is 5.91 Å². The molecule has 0 radical (unpaired) electrons. The lowest BCUT2D eigenvalue weighted by Gasteiger charge is -2.18. The molecule has 4 rings (SSSR count). The van der Waals surface area contributed by atoms with Crippen molar-refractivity contribution in [1.29, 1.82) is 0 Å². The first kappa shape index (κ1) is 19.3. The second-order valence-electron chi connectivity index (χ2n) is 6.82. The number of aromatic nitrogens is 2. The van der Waals surface area contributed by atoms with E-state index in [9.17, 15) is 4.79 Å². The minimum absolute atomic E-state index is 0.0435. The van der Waals surface area contributed by atoms with Crippen molar-refractivity contribution in [1.82, 2.24) is 15.0 Å².